The minimum atomic E-state index is -0.132. The lowest BCUT2D eigenvalue weighted by Gasteiger charge is -2.09. The van der Waals surface area contributed by atoms with Crippen LogP contribution < -0.4 is 0 Å². The summed E-state index contributed by atoms with van der Waals surface area (Å²) < 4.78 is 5.82. The van der Waals surface area contributed by atoms with Gasteiger partial charge in [-0.05, 0) is 44.4 Å². The van der Waals surface area contributed by atoms with Crippen LogP contribution in [0.15, 0.2) is 59.1 Å². The second kappa shape index (κ2) is 5.36. The Morgan fingerprint density at radius 1 is 1.10 bits per heavy atom. The van der Waals surface area contributed by atoms with Gasteiger partial charge >= 0.3 is 0 Å². The Morgan fingerprint density at radius 2 is 1.86 bits per heavy atom. The van der Waals surface area contributed by atoms with Gasteiger partial charge in [-0.2, -0.15) is 0 Å². The highest BCUT2D eigenvalue weighted by Crippen LogP contribution is 2.28. The molecule has 2 aliphatic rings. The summed E-state index contributed by atoms with van der Waals surface area (Å²) in [6, 6.07) is 8.33. The maximum absolute atomic E-state index is 5.82. The van der Waals surface area contributed by atoms with Crippen LogP contribution in [0.1, 0.15) is 38.3 Å². The number of benzene rings is 1. The van der Waals surface area contributed by atoms with Crippen LogP contribution in [-0.4, -0.2) is 18.0 Å². The molecule has 3 rings (SSSR count). The molecule has 0 aromatic heterocycles. The minimum Gasteiger partial charge on any atom is -0.475 e. The van der Waals surface area contributed by atoms with Crippen LogP contribution >= 0.6 is 0 Å². The fraction of sp³-hybridized carbons (Fsp3) is 0.316. The first-order valence-electron chi connectivity index (χ1n) is 7.42. The van der Waals surface area contributed by atoms with Crippen molar-refractivity contribution in [3.8, 4) is 0 Å². The van der Waals surface area contributed by atoms with Crippen molar-refractivity contribution >= 4 is 11.5 Å². The second-order valence-electron chi connectivity index (χ2n) is 6.31. The van der Waals surface area contributed by atoms with Crippen molar-refractivity contribution < 1.29 is 4.74 Å². The zero-order valence-corrected chi connectivity index (χ0v) is 12.9. The van der Waals surface area contributed by atoms with Gasteiger partial charge in [-0.1, -0.05) is 48.1 Å². The predicted molar refractivity (Wildman–Crippen MR) is 88.5 cm³/mol. The smallest absolute Gasteiger partial charge is 0.217 e. The molecule has 1 aromatic rings. The van der Waals surface area contributed by atoms with Gasteiger partial charge in [-0.15, -0.1) is 0 Å². The highest BCUT2D eigenvalue weighted by Gasteiger charge is 2.28. The van der Waals surface area contributed by atoms with Crippen molar-refractivity contribution in [3.63, 3.8) is 0 Å². The van der Waals surface area contributed by atoms with Gasteiger partial charge in [0, 0.05) is 5.56 Å². The summed E-state index contributed by atoms with van der Waals surface area (Å²) in [5, 5.41) is 0. The highest BCUT2D eigenvalue weighted by molar-refractivity contribution is 6.01. The maximum Gasteiger partial charge on any atom is 0.217 e. The van der Waals surface area contributed by atoms with Crippen LogP contribution in [-0.2, 0) is 4.74 Å². The molecule has 1 heterocycles. The van der Waals surface area contributed by atoms with E-state index in [1.807, 2.05) is 6.07 Å². The lowest BCUT2D eigenvalue weighted by atomic mass is 9.99. The van der Waals surface area contributed by atoms with E-state index in [0.29, 0.717) is 6.61 Å². The molecule has 0 amide bonds. The van der Waals surface area contributed by atoms with E-state index in [-0.39, 0.29) is 5.54 Å². The third kappa shape index (κ3) is 2.99. The second-order valence-corrected chi connectivity index (χ2v) is 6.31. The highest BCUT2D eigenvalue weighted by atomic mass is 16.5. The van der Waals surface area contributed by atoms with Crippen molar-refractivity contribution in [2.75, 3.05) is 6.61 Å². The van der Waals surface area contributed by atoms with Gasteiger partial charge in [0.05, 0.1) is 5.54 Å². The molecule has 0 saturated heterocycles. The molecule has 0 spiro atoms. The first-order valence-corrected chi connectivity index (χ1v) is 7.42. The number of hydrogen-bond donors (Lipinski definition) is 0. The average Bonchev–Trinajstić information content (AvgIpc) is 2.68. The van der Waals surface area contributed by atoms with E-state index < -0.39 is 0 Å². The third-order valence-corrected chi connectivity index (χ3v) is 3.72. The fourth-order valence-corrected chi connectivity index (χ4v) is 2.55. The maximum atomic E-state index is 5.82. The number of hydrogen-bond acceptors (Lipinski definition) is 2. The van der Waals surface area contributed by atoms with Crippen LogP contribution in [0.4, 0.5) is 0 Å². The Bertz CT molecular complexity index is 675. The number of rotatable bonds is 2. The van der Waals surface area contributed by atoms with E-state index in [0.717, 1.165) is 17.9 Å². The molecule has 1 aliphatic carbocycles. The normalized spacial score (nSPS) is 20.2. The van der Waals surface area contributed by atoms with Crippen molar-refractivity contribution in [3.05, 3.63) is 65.3 Å². The van der Waals surface area contributed by atoms with Crippen molar-refractivity contribution in [1.29, 1.82) is 0 Å². The summed E-state index contributed by atoms with van der Waals surface area (Å²) in [5.74, 6) is 0.759. The van der Waals surface area contributed by atoms with Crippen LogP contribution in [0.3, 0.4) is 0 Å². The molecule has 1 aromatic carbocycles. The molecule has 2 heteroatoms. The quantitative estimate of drug-likeness (QED) is 0.779. The van der Waals surface area contributed by atoms with E-state index >= 15 is 0 Å². The minimum absolute atomic E-state index is 0.132. The van der Waals surface area contributed by atoms with E-state index in [1.165, 1.54) is 16.7 Å². The standard InChI is InChI=1S/C19H21NO/c1-14-7-6-8-15(12-11-14)16-9-4-5-10-17(16)18-20-19(2,3)13-21-18/h4-6,8-12H,7,13H2,1-3H3. The van der Waals surface area contributed by atoms with Gasteiger partial charge in [-0.3, -0.25) is 0 Å². The summed E-state index contributed by atoms with van der Waals surface area (Å²) in [4.78, 5) is 4.71. The Hall–Kier alpha value is -2.09. The summed E-state index contributed by atoms with van der Waals surface area (Å²) in [6.07, 6.45) is 9.77. The summed E-state index contributed by atoms with van der Waals surface area (Å²) in [5.41, 5.74) is 4.70. The Kier molecular flexibility index (Phi) is 3.54. The van der Waals surface area contributed by atoms with E-state index in [1.54, 1.807) is 0 Å². The first kappa shape index (κ1) is 13.9. The molecule has 0 unspecified atom stereocenters. The Labute approximate surface area is 126 Å². The summed E-state index contributed by atoms with van der Waals surface area (Å²) in [6.45, 7) is 6.99. The van der Waals surface area contributed by atoms with Crippen molar-refractivity contribution in [2.45, 2.75) is 32.7 Å². The van der Waals surface area contributed by atoms with Crippen LogP contribution in [0.5, 0.6) is 0 Å². The van der Waals surface area contributed by atoms with Crippen molar-refractivity contribution in [2.24, 2.45) is 4.99 Å². The number of nitrogens with zero attached hydrogens (tertiary/aromatic N) is 1. The van der Waals surface area contributed by atoms with Gasteiger partial charge in [0.25, 0.3) is 0 Å². The molecule has 21 heavy (non-hydrogen) atoms. The molecular weight excluding hydrogens is 258 g/mol. The van der Waals surface area contributed by atoms with Crippen LogP contribution in [0.25, 0.3) is 5.57 Å². The molecular formula is C19H21NO. The van der Waals surface area contributed by atoms with Gasteiger partial charge in [0.15, 0.2) is 0 Å². The lowest BCUT2D eigenvalue weighted by Crippen LogP contribution is -2.17. The lowest BCUT2D eigenvalue weighted by molar-refractivity contribution is 0.279. The van der Waals surface area contributed by atoms with E-state index in [2.05, 4.69) is 63.3 Å². The van der Waals surface area contributed by atoms with Gasteiger partial charge in [0.1, 0.15) is 6.61 Å². The Balaban J connectivity index is 2.05. The zero-order valence-electron chi connectivity index (χ0n) is 12.9. The molecule has 2 nitrogen and oxygen atoms in total. The van der Waals surface area contributed by atoms with Gasteiger partial charge in [-0.25, -0.2) is 4.99 Å². The van der Waals surface area contributed by atoms with Crippen LogP contribution in [0, 0.1) is 0 Å². The molecule has 1 aliphatic heterocycles. The van der Waals surface area contributed by atoms with E-state index in [4.69, 9.17) is 9.73 Å². The summed E-state index contributed by atoms with van der Waals surface area (Å²) >= 11 is 0. The zero-order chi connectivity index (χ0) is 14.9. The Morgan fingerprint density at radius 3 is 2.57 bits per heavy atom. The topological polar surface area (TPSA) is 21.6 Å². The van der Waals surface area contributed by atoms with Crippen molar-refractivity contribution in [1.82, 2.24) is 0 Å². The number of allylic oxidation sites excluding steroid dienone is 6. The molecule has 108 valence electrons. The summed E-state index contributed by atoms with van der Waals surface area (Å²) in [7, 11) is 0. The SMILES string of the molecule is CC1=CC=C(c2ccccc2C2=NC(C)(C)CO2)C=CC1. The van der Waals surface area contributed by atoms with Gasteiger partial charge < -0.3 is 4.74 Å². The number of ether oxygens (including phenoxy) is 1. The predicted octanol–water partition coefficient (Wildman–Crippen LogP) is 4.53. The number of aliphatic imine (C=N–C) groups is 1. The molecule has 0 fully saturated rings. The molecule has 0 saturated carbocycles. The molecule has 0 radical (unpaired) electrons. The molecule has 0 atom stereocenters. The fourth-order valence-electron chi connectivity index (χ4n) is 2.55. The first-order chi connectivity index (χ1) is 10.1. The molecule has 0 N–H and O–H groups in total. The largest absolute Gasteiger partial charge is 0.475 e. The molecule has 0 bridgehead atoms. The van der Waals surface area contributed by atoms with E-state index in [9.17, 15) is 0 Å². The van der Waals surface area contributed by atoms with Crippen LogP contribution in [0.2, 0.25) is 0 Å². The third-order valence-electron chi connectivity index (χ3n) is 3.72. The monoisotopic (exact) mass is 279 g/mol. The average molecular weight is 279 g/mol. The van der Waals surface area contributed by atoms with Gasteiger partial charge in [0.2, 0.25) is 5.90 Å².